The highest BCUT2D eigenvalue weighted by Gasteiger charge is 2.32. The van der Waals surface area contributed by atoms with Crippen LogP contribution in [0.3, 0.4) is 0 Å². The van der Waals surface area contributed by atoms with Gasteiger partial charge in [0.1, 0.15) is 12.1 Å². The Kier molecular flexibility index (Phi) is 7.04. The van der Waals surface area contributed by atoms with Crippen LogP contribution >= 0.6 is 0 Å². The lowest BCUT2D eigenvalue weighted by Gasteiger charge is -2.17. The van der Waals surface area contributed by atoms with Crippen LogP contribution in [0.5, 0.6) is 0 Å². The number of aromatic nitrogens is 2. The number of hydrogen-bond donors (Lipinski definition) is 7. The Morgan fingerprint density at radius 1 is 1.33 bits per heavy atom. The number of primary amides is 1. The van der Waals surface area contributed by atoms with Crippen molar-refractivity contribution in [2.24, 2.45) is 5.73 Å². The molecule has 1 aromatic heterocycles. The molecule has 150 valence electrons. The van der Waals surface area contributed by atoms with E-state index in [0.29, 0.717) is 13.0 Å². The van der Waals surface area contributed by atoms with E-state index in [2.05, 4.69) is 26.1 Å². The van der Waals surface area contributed by atoms with Crippen molar-refractivity contribution in [1.29, 1.82) is 0 Å². The third kappa shape index (κ3) is 5.60. The van der Waals surface area contributed by atoms with Gasteiger partial charge in [0.25, 0.3) is 0 Å². The summed E-state index contributed by atoms with van der Waals surface area (Å²) in [6, 6.07) is -3.88. The highest BCUT2D eigenvalue weighted by atomic mass is 16.4. The van der Waals surface area contributed by atoms with Crippen LogP contribution in [0.2, 0.25) is 0 Å². The van der Waals surface area contributed by atoms with E-state index in [9.17, 15) is 19.5 Å². The summed E-state index contributed by atoms with van der Waals surface area (Å²) >= 11 is 0. The fraction of sp³-hybridized carbons (Fsp3) is 0.643. The van der Waals surface area contributed by atoms with Crippen LogP contribution in [0.25, 0.3) is 0 Å². The first-order chi connectivity index (χ1) is 12.8. The largest absolute Gasteiger partial charge is 0.480 e. The van der Waals surface area contributed by atoms with Crippen LogP contribution < -0.4 is 21.7 Å². The van der Waals surface area contributed by atoms with Gasteiger partial charge in [-0.15, -0.1) is 10.2 Å². The van der Waals surface area contributed by atoms with Crippen molar-refractivity contribution in [2.45, 2.75) is 43.5 Å². The van der Waals surface area contributed by atoms with Crippen molar-refractivity contribution >= 4 is 17.9 Å². The van der Waals surface area contributed by atoms with Crippen LogP contribution in [-0.2, 0) is 9.59 Å². The molecule has 2 rings (SSSR count). The molecule has 0 aliphatic carbocycles. The van der Waals surface area contributed by atoms with Gasteiger partial charge in [-0.05, 0) is 19.4 Å². The molecule has 0 saturated carbocycles. The topological polar surface area (TPSA) is 213 Å². The SMILES string of the molecule is NC(=O)CCC(NC(=O)NC(CO)C(=O)O)c1nnc([C@H]2NCC[C@@H]2O)o1. The molecule has 27 heavy (non-hydrogen) atoms. The van der Waals surface area contributed by atoms with Gasteiger partial charge in [-0.25, -0.2) is 9.59 Å². The fourth-order valence-electron chi connectivity index (χ4n) is 2.54. The summed E-state index contributed by atoms with van der Waals surface area (Å²) in [5.41, 5.74) is 5.13. The number of nitrogens with one attached hydrogen (secondary N) is 3. The second-order valence-corrected chi connectivity index (χ2v) is 6.02. The molecular weight excluding hydrogens is 364 g/mol. The minimum atomic E-state index is -1.50. The average molecular weight is 386 g/mol. The van der Waals surface area contributed by atoms with E-state index in [1.165, 1.54) is 0 Å². The van der Waals surface area contributed by atoms with Gasteiger partial charge in [0.2, 0.25) is 17.7 Å². The maximum absolute atomic E-state index is 12.0. The number of nitrogens with zero attached hydrogens (tertiary/aromatic N) is 2. The number of carbonyl (C=O) groups is 3. The number of hydrogen-bond acceptors (Lipinski definition) is 9. The van der Waals surface area contributed by atoms with E-state index in [0.717, 1.165) is 0 Å². The van der Waals surface area contributed by atoms with Gasteiger partial charge in [0.15, 0.2) is 6.04 Å². The number of aliphatic hydroxyl groups is 2. The van der Waals surface area contributed by atoms with Gasteiger partial charge in [-0.2, -0.15) is 0 Å². The first-order valence-corrected chi connectivity index (χ1v) is 8.25. The molecule has 1 aromatic rings. The molecule has 13 nitrogen and oxygen atoms in total. The Hall–Kier alpha value is -2.77. The number of carboxylic acid groups (broad SMARTS) is 1. The molecule has 1 saturated heterocycles. The fourth-order valence-corrected chi connectivity index (χ4v) is 2.54. The van der Waals surface area contributed by atoms with Crippen molar-refractivity contribution in [1.82, 2.24) is 26.1 Å². The lowest BCUT2D eigenvalue weighted by atomic mass is 10.1. The molecule has 4 atom stereocenters. The molecule has 8 N–H and O–H groups in total. The van der Waals surface area contributed by atoms with E-state index in [1.807, 2.05) is 0 Å². The van der Waals surface area contributed by atoms with Gasteiger partial charge in [-0.3, -0.25) is 4.79 Å². The molecule has 0 bridgehead atoms. The Morgan fingerprint density at radius 2 is 2.07 bits per heavy atom. The van der Waals surface area contributed by atoms with E-state index < -0.39 is 48.7 Å². The molecule has 0 aromatic carbocycles. The summed E-state index contributed by atoms with van der Waals surface area (Å²) in [5, 5.41) is 42.9. The molecule has 1 fully saturated rings. The van der Waals surface area contributed by atoms with Gasteiger partial charge in [0.05, 0.1) is 12.7 Å². The van der Waals surface area contributed by atoms with Crippen LogP contribution in [0.15, 0.2) is 4.42 Å². The molecular formula is C14H22N6O7. The predicted molar refractivity (Wildman–Crippen MR) is 87.0 cm³/mol. The first kappa shape index (κ1) is 20.5. The molecule has 13 heteroatoms. The predicted octanol–water partition coefficient (Wildman–Crippen LogP) is -2.48. The minimum Gasteiger partial charge on any atom is -0.480 e. The Balaban J connectivity index is 2.09. The van der Waals surface area contributed by atoms with Crippen LogP contribution in [-0.4, -0.2) is 68.7 Å². The van der Waals surface area contributed by atoms with Gasteiger partial charge in [0, 0.05) is 6.42 Å². The molecule has 2 heterocycles. The number of urea groups is 1. The van der Waals surface area contributed by atoms with Crippen molar-refractivity contribution in [2.75, 3.05) is 13.2 Å². The normalized spacial score (nSPS) is 21.4. The van der Waals surface area contributed by atoms with Crippen molar-refractivity contribution in [3.63, 3.8) is 0 Å². The highest BCUT2D eigenvalue weighted by Crippen LogP contribution is 2.25. The molecule has 3 amide bonds. The summed E-state index contributed by atoms with van der Waals surface area (Å²) in [5.74, 6) is -1.94. The number of carbonyl (C=O) groups excluding carboxylic acids is 2. The van der Waals surface area contributed by atoms with E-state index in [4.69, 9.17) is 20.4 Å². The van der Waals surface area contributed by atoms with Crippen LogP contribution in [0.1, 0.15) is 43.1 Å². The van der Waals surface area contributed by atoms with Gasteiger partial charge < -0.3 is 41.4 Å². The highest BCUT2D eigenvalue weighted by molar-refractivity contribution is 5.82. The average Bonchev–Trinajstić information content (AvgIpc) is 3.24. The minimum absolute atomic E-state index is 0.0295. The number of carboxylic acids is 1. The molecule has 1 aliphatic heterocycles. The Labute approximate surface area is 153 Å². The standard InChI is InChI=1S/C14H22N6O7/c15-9(23)2-1-6(17-14(26)18-7(5-21)13(24)25)11-19-20-12(27-11)10-8(22)3-4-16-10/h6-8,10,16,21-22H,1-5H2,(H2,15,23)(H,24,25)(H2,17,18,26)/t6?,7?,8-,10-/m0/s1. The number of aliphatic hydroxyl groups excluding tert-OH is 2. The number of nitrogens with two attached hydrogens (primary N) is 1. The molecule has 2 unspecified atom stereocenters. The summed E-state index contributed by atoms with van der Waals surface area (Å²) in [6.07, 6.45) is -0.247. The number of rotatable bonds is 9. The third-order valence-corrected chi connectivity index (χ3v) is 3.98. The molecule has 0 spiro atoms. The van der Waals surface area contributed by atoms with Crippen molar-refractivity contribution < 1.29 is 34.1 Å². The number of amides is 3. The quantitative estimate of drug-likeness (QED) is 0.237. The second kappa shape index (κ2) is 9.25. The zero-order valence-electron chi connectivity index (χ0n) is 14.3. The number of aliphatic carboxylic acids is 1. The van der Waals surface area contributed by atoms with Gasteiger partial charge in [-0.1, -0.05) is 0 Å². The van der Waals surface area contributed by atoms with Crippen LogP contribution in [0, 0.1) is 0 Å². The Bertz CT molecular complexity index is 681. The zero-order chi connectivity index (χ0) is 20.0. The van der Waals surface area contributed by atoms with Crippen LogP contribution in [0.4, 0.5) is 4.79 Å². The summed E-state index contributed by atoms with van der Waals surface area (Å²) in [7, 11) is 0. The first-order valence-electron chi connectivity index (χ1n) is 8.25. The Morgan fingerprint density at radius 3 is 2.63 bits per heavy atom. The maximum atomic E-state index is 12.0. The zero-order valence-corrected chi connectivity index (χ0v) is 14.3. The lowest BCUT2D eigenvalue weighted by Crippen LogP contribution is -2.48. The second-order valence-electron chi connectivity index (χ2n) is 6.02. The lowest BCUT2D eigenvalue weighted by molar-refractivity contribution is -0.140. The van der Waals surface area contributed by atoms with E-state index in [1.54, 1.807) is 0 Å². The molecule has 0 radical (unpaired) electrons. The summed E-state index contributed by atoms with van der Waals surface area (Å²) < 4.78 is 5.51. The molecule has 1 aliphatic rings. The van der Waals surface area contributed by atoms with Gasteiger partial charge >= 0.3 is 12.0 Å². The van der Waals surface area contributed by atoms with Crippen molar-refractivity contribution in [3.8, 4) is 0 Å². The summed E-state index contributed by atoms with van der Waals surface area (Å²) in [6.45, 7) is -0.225. The third-order valence-electron chi connectivity index (χ3n) is 3.98. The maximum Gasteiger partial charge on any atom is 0.328 e. The summed E-state index contributed by atoms with van der Waals surface area (Å²) in [4.78, 5) is 34.0. The van der Waals surface area contributed by atoms with E-state index in [-0.39, 0.29) is 24.6 Å². The van der Waals surface area contributed by atoms with E-state index >= 15 is 0 Å². The monoisotopic (exact) mass is 386 g/mol. The van der Waals surface area contributed by atoms with Crippen molar-refractivity contribution in [3.05, 3.63) is 11.8 Å². The smallest absolute Gasteiger partial charge is 0.328 e.